The minimum atomic E-state index is -8.93. The number of hydrogen-bond acceptors (Lipinski definition) is 3. The summed E-state index contributed by atoms with van der Waals surface area (Å²) in [7, 11) is -7.65. The molecule has 0 fully saturated rings. The summed E-state index contributed by atoms with van der Waals surface area (Å²) in [5.74, 6) is -52.1. The maximum Gasteiger partial charge on any atom is 0.460 e. The molecule has 0 spiro atoms. The third-order valence-corrected chi connectivity index (χ3v) is 5.46. The second-order valence-electron chi connectivity index (χ2n) is 6.68. The Morgan fingerprint density at radius 1 is 0.611 bits per heavy atom. The molecule has 0 rings (SSSR count). The van der Waals surface area contributed by atoms with Crippen LogP contribution in [0.25, 0.3) is 0 Å². The number of amides is 2. The highest BCUT2D eigenvalue weighted by Gasteiger charge is 2.96. The zero-order valence-electron chi connectivity index (χ0n) is 16.7. The van der Waals surface area contributed by atoms with E-state index in [4.69, 9.17) is 0 Å². The van der Waals surface area contributed by atoms with Crippen LogP contribution in [0.1, 0.15) is 19.8 Å². The van der Waals surface area contributed by atoms with Crippen LogP contribution < -0.4 is 10.0 Å². The van der Waals surface area contributed by atoms with Gasteiger partial charge in [-0.25, -0.2) is 9.52 Å². The first kappa shape index (κ1) is 34.0. The summed E-state index contributed by atoms with van der Waals surface area (Å²) in [6, 6.07) is -2.39. The van der Waals surface area contributed by atoms with Crippen molar-refractivity contribution >= 4 is 16.1 Å². The lowest BCUT2D eigenvalue weighted by molar-refractivity contribution is -0.458. The first-order chi connectivity index (χ1) is 15.5. The van der Waals surface area contributed by atoms with Crippen LogP contribution in [0.4, 0.5) is 79.4 Å². The first-order valence-corrected chi connectivity index (χ1v) is 9.95. The molecular formula is C13H11F17N2O3S. The molecule has 2 N–H and O–H groups in total. The van der Waals surface area contributed by atoms with E-state index in [0.29, 0.717) is 0 Å². The molecule has 0 unspecified atom stereocenters. The van der Waals surface area contributed by atoms with Crippen LogP contribution in [0.3, 0.4) is 0 Å². The number of sulfonamides is 1. The summed E-state index contributed by atoms with van der Waals surface area (Å²) in [5, 5.41) is -6.43. The number of unbranched alkanes of at least 4 members (excludes halogenated alkanes) is 1. The van der Waals surface area contributed by atoms with Crippen LogP contribution in [0.2, 0.25) is 0 Å². The van der Waals surface area contributed by atoms with Gasteiger partial charge in [-0.3, -0.25) is 0 Å². The van der Waals surface area contributed by atoms with Crippen molar-refractivity contribution in [1.82, 2.24) is 10.0 Å². The molecule has 0 aromatic carbocycles. The van der Waals surface area contributed by atoms with E-state index >= 15 is 0 Å². The van der Waals surface area contributed by atoms with E-state index in [9.17, 15) is 87.8 Å². The van der Waals surface area contributed by atoms with Gasteiger partial charge >= 0.3 is 63.0 Å². The van der Waals surface area contributed by atoms with Crippen molar-refractivity contribution in [3.8, 4) is 0 Å². The fourth-order valence-electron chi connectivity index (χ4n) is 1.92. The van der Waals surface area contributed by atoms with Crippen molar-refractivity contribution < 1.29 is 87.8 Å². The van der Waals surface area contributed by atoms with Crippen molar-refractivity contribution in [2.45, 2.75) is 66.7 Å². The molecule has 36 heavy (non-hydrogen) atoms. The number of alkyl halides is 17. The Hall–Kier alpha value is -1.97. The zero-order valence-corrected chi connectivity index (χ0v) is 17.5. The van der Waals surface area contributed by atoms with Gasteiger partial charge in [0.25, 0.3) is 0 Å². The molecular weight excluding hydrogens is 587 g/mol. The molecule has 0 bridgehead atoms. The number of carbonyl (C=O) groups is 1. The van der Waals surface area contributed by atoms with Crippen molar-refractivity contribution in [3.05, 3.63) is 0 Å². The second-order valence-corrected chi connectivity index (χ2v) is 8.40. The van der Waals surface area contributed by atoms with Gasteiger partial charge in [0.2, 0.25) is 0 Å². The van der Waals surface area contributed by atoms with E-state index in [1.54, 1.807) is 0 Å². The van der Waals surface area contributed by atoms with Crippen LogP contribution in [0.15, 0.2) is 0 Å². The van der Waals surface area contributed by atoms with Gasteiger partial charge in [0.05, 0.1) is 0 Å². The normalized spacial score (nSPS) is 15.6. The Kier molecular flexibility index (Phi) is 8.89. The van der Waals surface area contributed by atoms with E-state index in [1.807, 2.05) is 0 Å². The van der Waals surface area contributed by atoms with Crippen molar-refractivity contribution in [2.24, 2.45) is 0 Å². The molecule has 0 saturated carbocycles. The Bertz CT molecular complexity index is 913. The Morgan fingerprint density at radius 2 is 0.944 bits per heavy atom. The molecule has 0 aromatic heterocycles. The minimum absolute atomic E-state index is 0.0455. The summed E-state index contributed by atoms with van der Waals surface area (Å²) in [4.78, 5) is 11.1. The largest absolute Gasteiger partial charge is 0.460 e. The smallest absolute Gasteiger partial charge is 0.337 e. The molecule has 2 amide bonds. The lowest BCUT2D eigenvalue weighted by Crippen LogP contribution is -2.75. The van der Waals surface area contributed by atoms with Gasteiger partial charge in [0.15, 0.2) is 0 Å². The van der Waals surface area contributed by atoms with Gasteiger partial charge in [-0.1, -0.05) is 13.3 Å². The molecule has 0 atom stereocenters. The van der Waals surface area contributed by atoms with Gasteiger partial charge < -0.3 is 5.32 Å². The predicted molar refractivity (Wildman–Crippen MR) is 81.0 cm³/mol. The fourth-order valence-corrected chi connectivity index (χ4v) is 2.83. The number of carbonyl (C=O) groups excluding carboxylic acids is 1. The number of rotatable bonds is 11. The maximum atomic E-state index is 13.7. The van der Waals surface area contributed by atoms with Crippen molar-refractivity contribution in [3.63, 3.8) is 0 Å². The third kappa shape index (κ3) is 4.82. The molecule has 0 heterocycles. The van der Waals surface area contributed by atoms with Crippen LogP contribution in [-0.4, -0.2) is 68.0 Å². The van der Waals surface area contributed by atoms with Gasteiger partial charge in [0, 0.05) is 6.54 Å². The number of halogens is 17. The Morgan fingerprint density at radius 3 is 1.28 bits per heavy atom. The molecule has 0 radical (unpaired) electrons. The molecule has 0 saturated heterocycles. The third-order valence-electron chi connectivity index (χ3n) is 4.07. The lowest BCUT2D eigenvalue weighted by Gasteiger charge is -2.42. The van der Waals surface area contributed by atoms with Crippen molar-refractivity contribution in [1.29, 1.82) is 0 Å². The van der Waals surface area contributed by atoms with Crippen LogP contribution >= 0.6 is 0 Å². The summed E-state index contributed by atoms with van der Waals surface area (Å²) in [6.45, 7) is 0.833. The number of nitrogens with one attached hydrogen (secondary N) is 2. The summed E-state index contributed by atoms with van der Waals surface area (Å²) < 4.78 is 245. The Labute approximate surface area is 188 Å². The van der Waals surface area contributed by atoms with Gasteiger partial charge in [-0.2, -0.15) is 83.1 Å². The quantitative estimate of drug-likeness (QED) is 0.248. The second kappa shape index (κ2) is 9.40. The molecule has 0 aliphatic rings. The van der Waals surface area contributed by atoms with E-state index < -0.39 is 69.6 Å². The maximum absolute atomic E-state index is 13.7. The van der Waals surface area contributed by atoms with Gasteiger partial charge in [0.1, 0.15) is 0 Å². The van der Waals surface area contributed by atoms with E-state index in [-0.39, 0.29) is 17.6 Å². The summed E-state index contributed by atoms with van der Waals surface area (Å²) in [5.41, 5.74) is 0. The summed E-state index contributed by atoms with van der Waals surface area (Å²) >= 11 is 0. The molecule has 0 aromatic rings. The average molecular weight is 598 g/mol. The van der Waals surface area contributed by atoms with Crippen molar-refractivity contribution in [2.75, 3.05) is 6.54 Å². The molecule has 23 heteroatoms. The highest BCUT2D eigenvalue weighted by molar-refractivity contribution is 7.91. The summed E-state index contributed by atoms with van der Waals surface area (Å²) in [6.07, 6.45) is -7.74. The zero-order chi connectivity index (χ0) is 29.6. The van der Waals surface area contributed by atoms with Crippen LogP contribution in [0, 0.1) is 0 Å². The van der Waals surface area contributed by atoms with Crippen LogP contribution in [-0.2, 0) is 10.0 Å². The minimum Gasteiger partial charge on any atom is -0.337 e. The van der Waals surface area contributed by atoms with E-state index in [1.165, 1.54) is 12.2 Å². The van der Waals surface area contributed by atoms with E-state index in [2.05, 4.69) is 0 Å². The predicted octanol–water partition coefficient (Wildman–Crippen LogP) is 5.38. The van der Waals surface area contributed by atoms with E-state index in [0.717, 1.165) is 0 Å². The number of hydrogen-bond donors (Lipinski definition) is 2. The first-order valence-electron chi connectivity index (χ1n) is 8.47. The highest BCUT2D eigenvalue weighted by atomic mass is 32.2. The Balaban J connectivity index is 6.67. The standard InChI is InChI=1S/C13H11F17N2O3S/c1-2-3-4-31-5(33)32-36(34,35)13(29,30)11(24,25)9(20,21)7(16,17)6(14,15)8(18,19)10(22,23)12(26,27)28/h2-4H2,1H3,(H2,31,32,33). The highest BCUT2D eigenvalue weighted by Crippen LogP contribution is 2.64. The van der Waals surface area contributed by atoms with Gasteiger partial charge in [-0.05, 0) is 6.42 Å². The molecule has 0 aliphatic heterocycles. The number of urea groups is 1. The fraction of sp³-hybridized carbons (Fsp3) is 0.923. The lowest BCUT2D eigenvalue weighted by atomic mass is 9.91. The van der Waals surface area contributed by atoms with Gasteiger partial charge in [-0.15, -0.1) is 0 Å². The van der Waals surface area contributed by atoms with Crippen LogP contribution in [0.5, 0.6) is 0 Å². The SMILES string of the molecule is CCCCNC(=O)NS(=O)(=O)C(F)(F)C(F)(F)C(F)(F)C(F)(F)C(F)(F)C(F)(F)C(F)(F)C(F)(F)F. The monoisotopic (exact) mass is 598 g/mol. The molecule has 216 valence electrons. The average Bonchev–Trinajstić information content (AvgIpc) is 2.65. The molecule has 5 nitrogen and oxygen atoms in total. The topological polar surface area (TPSA) is 75.3 Å². The molecule has 0 aliphatic carbocycles.